The molecule has 0 radical (unpaired) electrons. The summed E-state index contributed by atoms with van der Waals surface area (Å²) < 4.78 is 76.9. The summed E-state index contributed by atoms with van der Waals surface area (Å²) >= 11 is 0. The van der Waals surface area contributed by atoms with Crippen LogP contribution in [0.2, 0.25) is 0 Å². The summed E-state index contributed by atoms with van der Waals surface area (Å²) in [6.45, 7) is 1.69. The first kappa shape index (κ1) is 23.4. The largest absolute Gasteiger partial charge is 0.474 e. The molecule has 0 spiro atoms. The zero-order chi connectivity index (χ0) is 24.3. The zero-order valence-corrected chi connectivity index (χ0v) is 20.5. The van der Waals surface area contributed by atoms with E-state index in [1.165, 1.54) is 24.7 Å². The Kier molecular flexibility index (Phi) is 5.80. The number of hydrogen-bond acceptors (Lipinski definition) is 8. The van der Waals surface area contributed by atoms with Crippen LogP contribution in [0.15, 0.2) is 29.4 Å². The molecule has 1 aromatic heterocycles. The van der Waals surface area contributed by atoms with E-state index < -0.39 is 30.9 Å². The second-order valence-corrected chi connectivity index (χ2v) is 13.4. The Morgan fingerprint density at radius 2 is 1.65 bits per heavy atom. The first-order valence-electron chi connectivity index (χ1n) is 11.2. The molecule has 9 nitrogen and oxygen atoms in total. The van der Waals surface area contributed by atoms with E-state index in [1.807, 2.05) is 0 Å². The summed E-state index contributed by atoms with van der Waals surface area (Å²) in [4.78, 5) is 8.21. The molecule has 3 fully saturated rings. The van der Waals surface area contributed by atoms with Crippen molar-refractivity contribution in [3.8, 4) is 17.5 Å². The van der Waals surface area contributed by atoms with E-state index in [2.05, 4.69) is 9.97 Å². The molecule has 3 atom stereocenters. The fraction of sp³-hybridized carbons (Fsp3) is 0.545. The summed E-state index contributed by atoms with van der Waals surface area (Å²) in [5, 5.41) is -0.429. The minimum atomic E-state index is -3.51. The van der Waals surface area contributed by atoms with Crippen LogP contribution in [0.1, 0.15) is 44.1 Å². The Labute approximate surface area is 198 Å². The van der Waals surface area contributed by atoms with Gasteiger partial charge in [0.25, 0.3) is 0 Å². The van der Waals surface area contributed by atoms with E-state index in [0.717, 1.165) is 18.9 Å². The van der Waals surface area contributed by atoms with Gasteiger partial charge >= 0.3 is 0 Å². The second-order valence-electron chi connectivity index (χ2n) is 9.24. The Morgan fingerprint density at radius 3 is 2.24 bits per heavy atom. The van der Waals surface area contributed by atoms with Crippen LogP contribution in [0.5, 0.6) is 17.5 Å². The SMILES string of the molecule is Cc1c(Oc2ccc(S(=O)(=O)C3CC3)cc2F)ncnc1O[C@H]1CC2CC[C@@H](C1)N2S(C)(=O)=O. The van der Waals surface area contributed by atoms with Gasteiger partial charge in [-0.15, -0.1) is 0 Å². The fourth-order valence-corrected chi connectivity index (χ4v) is 8.07. The van der Waals surface area contributed by atoms with Gasteiger partial charge in [0, 0.05) is 24.9 Å². The summed E-state index contributed by atoms with van der Waals surface area (Å²) in [5.74, 6) is -0.567. The van der Waals surface area contributed by atoms with Crippen molar-refractivity contribution in [3.63, 3.8) is 0 Å². The average molecular weight is 512 g/mol. The summed E-state index contributed by atoms with van der Waals surface area (Å²) in [6, 6.07) is 3.42. The maximum atomic E-state index is 14.7. The molecule has 2 bridgehead atoms. The smallest absolute Gasteiger partial charge is 0.229 e. The highest BCUT2D eigenvalue weighted by atomic mass is 32.2. The quantitative estimate of drug-likeness (QED) is 0.557. The van der Waals surface area contributed by atoms with Gasteiger partial charge in [-0.25, -0.2) is 31.2 Å². The lowest BCUT2D eigenvalue weighted by Gasteiger charge is -2.36. The van der Waals surface area contributed by atoms with Crippen LogP contribution in [-0.2, 0) is 19.9 Å². The Hall–Kier alpha value is -2.31. The molecule has 2 aromatic rings. The van der Waals surface area contributed by atoms with E-state index in [0.29, 0.717) is 31.2 Å². The maximum absolute atomic E-state index is 14.7. The predicted octanol–water partition coefficient (Wildman–Crippen LogP) is 2.99. The highest BCUT2D eigenvalue weighted by Gasteiger charge is 2.46. The molecular weight excluding hydrogens is 485 g/mol. The van der Waals surface area contributed by atoms with Gasteiger partial charge in [0.1, 0.15) is 12.4 Å². The molecule has 1 aromatic carbocycles. The van der Waals surface area contributed by atoms with Gasteiger partial charge in [0.05, 0.1) is 22.0 Å². The van der Waals surface area contributed by atoms with Gasteiger partial charge in [0.2, 0.25) is 21.8 Å². The first-order chi connectivity index (χ1) is 16.0. The predicted molar refractivity (Wildman–Crippen MR) is 121 cm³/mol. The lowest BCUT2D eigenvalue weighted by molar-refractivity contribution is 0.0911. The summed E-state index contributed by atoms with van der Waals surface area (Å²) in [5.41, 5.74) is 0.467. The number of benzene rings is 1. The molecule has 5 rings (SSSR count). The molecule has 1 saturated carbocycles. The summed E-state index contributed by atoms with van der Waals surface area (Å²) in [7, 11) is -6.78. The number of piperidine rings is 1. The van der Waals surface area contributed by atoms with Crippen LogP contribution in [-0.4, -0.2) is 60.8 Å². The Bertz CT molecular complexity index is 1320. The summed E-state index contributed by atoms with van der Waals surface area (Å²) in [6.07, 6.45) is 6.22. The normalized spacial score (nSPS) is 25.3. The number of aromatic nitrogens is 2. The number of sulfone groups is 1. The number of nitrogens with zero attached hydrogens (tertiary/aromatic N) is 3. The molecule has 1 unspecified atom stereocenters. The van der Waals surface area contributed by atoms with Crippen molar-refractivity contribution in [1.29, 1.82) is 0 Å². The van der Waals surface area contributed by atoms with Crippen LogP contribution in [0.3, 0.4) is 0 Å². The van der Waals surface area contributed by atoms with Crippen molar-refractivity contribution in [3.05, 3.63) is 35.9 Å². The number of rotatable bonds is 7. The van der Waals surface area contributed by atoms with Gasteiger partial charge in [-0.05, 0) is 50.8 Å². The Morgan fingerprint density at radius 1 is 1.00 bits per heavy atom. The molecule has 184 valence electrons. The van der Waals surface area contributed by atoms with Crippen LogP contribution in [0, 0.1) is 12.7 Å². The van der Waals surface area contributed by atoms with E-state index >= 15 is 0 Å². The monoisotopic (exact) mass is 511 g/mol. The molecule has 2 aliphatic heterocycles. The van der Waals surface area contributed by atoms with Gasteiger partial charge in [0.15, 0.2) is 21.4 Å². The standard InChI is InChI=1S/C22H26FN3O6S2/c1-13-21(31-16-9-14-3-4-15(10-16)26(14)33(2,27)28)24-12-25-22(13)32-20-8-7-18(11-19(20)23)34(29,30)17-5-6-17/h7-8,11-12,14-17H,3-6,9-10H2,1-2H3/t14-,15?,16+/m0/s1. The van der Waals surface area contributed by atoms with Gasteiger partial charge in [-0.3, -0.25) is 0 Å². The third-order valence-electron chi connectivity index (χ3n) is 6.68. The molecule has 2 saturated heterocycles. The maximum Gasteiger partial charge on any atom is 0.229 e. The number of fused-ring (bicyclic) bond motifs is 2. The third-order valence-corrected chi connectivity index (χ3v) is 10.3. The van der Waals surface area contributed by atoms with Crippen LogP contribution < -0.4 is 9.47 Å². The fourth-order valence-electron chi connectivity index (χ4n) is 4.94. The molecule has 34 heavy (non-hydrogen) atoms. The lowest BCUT2D eigenvalue weighted by Crippen LogP contribution is -2.48. The molecule has 1 aliphatic carbocycles. The third kappa shape index (κ3) is 4.38. The lowest BCUT2D eigenvalue weighted by atomic mass is 10.0. The van der Waals surface area contributed by atoms with Gasteiger partial charge < -0.3 is 9.47 Å². The van der Waals surface area contributed by atoms with E-state index in [4.69, 9.17) is 9.47 Å². The van der Waals surface area contributed by atoms with Crippen molar-refractivity contribution in [1.82, 2.24) is 14.3 Å². The van der Waals surface area contributed by atoms with Crippen molar-refractivity contribution < 1.29 is 30.7 Å². The van der Waals surface area contributed by atoms with Gasteiger partial charge in [-0.2, -0.15) is 4.31 Å². The number of sulfonamides is 1. The molecule has 0 N–H and O–H groups in total. The van der Waals surface area contributed by atoms with E-state index in [9.17, 15) is 21.2 Å². The zero-order valence-electron chi connectivity index (χ0n) is 18.8. The van der Waals surface area contributed by atoms with Crippen LogP contribution >= 0.6 is 0 Å². The van der Waals surface area contributed by atoms with E-state index in [-0.39, 0.29) is 40.6 Å². The highest BCUT2D eigenvalue weighted by molar-refractivity contribution is 7.92. The molecule has 12 heteroatoms. The molecule has 3 aliphatic rings. The molecule has 3 heterocycles. The van der Waals surface area contributed by atoms with Crippen LogP contribution in [0.4, 0.5) is 4.39 Å². The Balaban J connectivity index is 1.31. The number of hydrogen-bond donors (Lipinski definition) is 0. The second kappa shape index (κ2) is 8.42. The van der Waals surface area contributed by atoms with Crippen molar-refractivity contribution in [2.75, 3.05) is 6.26 Å². The number of halogens is 1. The average Bonchev–Trinajstić information content (AvgIpc) is 3.57. The molecular formula is C22H26FN3O6S2. The van der Waals surface area contributed by atoms with Crippen molar-refractivity contribution in [2.24, 2.45) is 0 Å². The first-order valence-corrected chi connectivity index (χ1v) is 14.6. The highest BCUT2D eigenvalue weighted by Crippen LogP contribution is 2.40. The van der Waals surface area contributed by atoms with Crippen LogP contribution in [0.25, 0.3) is 0 Å². The van der Waals surface area contributed by atoms with Crippen molar-refractivity contribution >= 4 is 19.9 Å². The molecule has 0 amide bonds. The topological polar surface area (TPSA) is 116 Å². The number of ether oxygens (including phenoxy) is 2. The van der Waals surface area contributed by atoms with Gasteiger partial charge in [-0.1, -0.05) is 0 Å². The van der Waals surface area contributed by atoms with E-state index in [1.54, 1.807) is 11.2 Å². The minimum absolute atomic E-state index is 0.0571. The van der Waals surface area contributed by atoms with Crippen molar-refractivity contribution in [2.45, 2.75) is 73.8 Å². The minimum Gasteiger partial charge on any atom is -0.474 e.